The maximum Gasteiger partial charge on any atom is 0.407 e. The number of aliphatic hydroxyl groups excluding tert-OH is 2. The lowest BCUT2D eigenvalue weighted by molar-refractivity contribution is 0.0136. The molecule has 4 rings (SSSR count). The van der Waals surface area contributed by atoms with Crippen LogP contribution in [-0.2, 0) is 11.3 Å². The van der Waals surface area contributed by atoms with Crippen molar-refractivity contribution in [1.29, 1.82) is 0 Å². The Balaban J connectivity index is 1.25. The second-order valence-electron chi connectivity index (χ2n) is 8.94. The Hall–Kier alpha value is -3.16. The van der Waals surface area contributed by atoms with Crippen LogP contribution in [0.2, 0.25) is 0 Å². The Labute approximate surface area is 194 Å². The van der Waals surface area contributed by atoms with Gasteiger partial charge >= 0.3 is 6.09 Å². The number of fused-ring (bicyclic) bond motifs is 3. The number of carbonyl (C=O) groups excluding carboxylic acids is 1. The predicted molar refractivity (Wildman–Crippen MR) is 126 cm³/mol. The van der Waals surface area contributed by atoms with Crippen molar-refractivity contribution in [2.24, 2.45) is 5.92 Å². The monoisotopic (exact) mass is 449 g/mol. The first-order valence-corrected chi connectivity index (χ1v) is 11.4. The summed E-state index contributed by atoms with van der Waals surface area (Å²) in [6.45, 7) is 5.34. The molecule has 0 fully saturated rings. The molecule has 0 radical (unpaired) electrons. The van der Waals surface area contributed by atoms with E-state index in [1.807, 2.05) is 24.3 Å². The van der Waals surface area contributed by atoms with Crippen LogP contribution in [-0.4, -0.2) is 45.3 Å². The number of amides is 1. The van der Waals surface area contributed by atoms with Crippen molar-refractivity contribution >= 4 is 6.09 Å². The third-order valence-corrected chi connectivity index (χ3v) is 5.96. The van der Waals surface area contributed by atoms with Gasteiger partial charge in [0.1, 0.15) is 12.7 Å². The van der Waals surface area contributed by atoms with Crippen LogP contribution in [0.5, 0.6) is 0 Å². The van der Waals surface area contributed by atoms with Crippen LogP contribution in [0, 0.1) is 5.92 Å². The van der Waals surface area contributed by atoms with E-state index >= 15 is 0 Å². The molecule has 174 valence electrons. The minimum Gasteiger partial charge on any atom is -0.449 e. The topological polar surface area (TPSA) is 96.6 Å². The maximum atomic E-state index is 12.3. The number of alkyl carbamates (subject to hydrolysis) is 1. The number of hydrogen-bond donors (Lipinski definition) is 3. The molecule has 0 bridgehead atoms. The Kier molecular flexibility index (Phi) is 7.11. The second-order valence-corrected chi connectivity index (χ2v) is 8.94. The molecule has 3 N–H and O–H groups in total. The van der Waals surface area contributed by atoms with Gasteiger partial charge in [0.25, 0.3) is 0 Å². The van der Waals surface area contributed by atoms with E-state index in [4.69, 9.17) is 4.74 Å². The fourth-order valence-electron chi connectivity index (χ4n) is 4.36. The molecule has 0 spiro atoms. The van der Waals surface area contributed by atoms with Crippen molar-refractivity contribution in [3.63, 3.8) is 0 Å². The van der Waals surface area contributed by atoms with Gasteiger partial charge in [0.2, 0.25) is 0 Å². The quantitative estimate of drug-likeness (QED) is 0.461. The molecule has 3 aromatic rings. The number of nitrogens with one attached hydrogen (secondary N) is 1. The molecule has 1 heterocycles. The summed E-state index contributed by atoms with van der Waals surface area (Å²) in [6, 6.07) is 16.3. The number of rotatable bonds is 9. The fraction of sp³-hybridized carbons (Fsp3) is 0.385. The van der Waals surface area contributed by atoms with E-state index in [9.17, 15) is 15.0 Å². The normalized spacial score (nSPS) is 14.6. The van der Waals surface area contributed by atoms with Crippen LogP contribution in [0.1, 0.15) is 49.0 Å². The molecular formula is C26H31N3O4. The van der Waals surface area contributed by atoms with E-state index in [1.165, 1.54) is 11.1 Å². The number of nitrogens with zero attached hydrogens (tertiary/aromatic N) is 2. The standard InChI is InChI=1S/C26H31N3O4/c1-17(2)14-29-15-18(13-28-29)25(31)24(30)11-12-27-26(32)33-16-23-21-9-5-3-7-19(21)20-8-4-6-10-22(20)23/h3-10,13,15,17,23-25,30-31H,11-12,14,16H2,1-2H3,(H,27,32). The van der Waals surface area contributed by atoms with Crippen LogP contribution >= 0.6 is 0 Å². The van der Waals surface area contributed by atoms with Crippen LogP contribution in [0.25, 0.3) is 11.1 Å². The zero-order chi connectivity index (χ0) is 23.4. The van der Waals surface area contributed by atoms with Gasteiger partial charge in [-0.2, -0.15) is 5.10 Å². The molecule has 1 aliphatic carbocycles. The second kappa shape index (κ2) is 10.2. The summed E-state index contributed by atoms with van der Waals surface area (Å²) >= 11 is 0. The van der Waals surface area contributed by atoms with Crippen LogP contribution in [0.15, 0.2) is 60.9 Å². The average Bonchev–Trinajstić information content (AvgIpc) is 3.39. The van der Waals surface area contributed by atoms with Gasteiger partial charge in [-0.1, -0.05) is 62.4 Å². The highest BCUT2D eigenvalue weighted by molar-refractivity contribution is 5.79. The lowest BCUT2D eigenvalue weighted by Gasteiger charge is -2.17. The molecule has 33 heavy (non-hydrogen) atoms. The van der Waals surface area contributed by atoms with E-state index in [-0.39, 0.29) is 25.5 Å². The molecule has 1 amide bonds. The molecule has 7 nitrogen and oxygen atoms in total. The first-order chi connectivity index (χ1) is 15.9. The summed E-state index contributed by atoms with van der Waals surface area (Å²) in [5, 5.41) is 27.6. The summed E-state index contributed by atoms with van der Waals surface area (Å²) in [5.41, 5.74) is 5.22. The predicted octanol–water partition coefficient (Wildman–Crippen LogP) is 3.86. The Morgan fingerprint density at radius 1 is 1.09 bits per heavy atom. The smallest absolute Gasteiger partial charge is 0.407 e. The lowest BCUT2D eigenvalue weighted by atomic mass is 9.98. The van der Waals surface area contributed by atoms with E-state index in [1.54, 1.807) is 17.1 Å². The maximum absolute atomic E-state index is 12.3. The summed E-state index contributed by atoms with van der Waals surface area (Å²) in [7, 11) is 0. The van der Waals surface area contributed by atoms with Crippen LogP contribution in [0.4, 0.5) is 4.79 Å². The average molecular weight is 450 g/mol. The first kappa shape index (κ1) is 23.0. The van der Waals surface area contributed by atoms with E-state index < -0.39 is 18.3 Å². The zero-order valence-electron chi connectivity index (χ0n) is 19.0. The van der Waals surface area contributed by atoms with Crippen molar-refractivity contribution in [3.8, 4) is 11.1 Å². The van der Waals surface area contributed by atoms with Crippen molar-refractivity contribution in [2.75, 3.05) is 13.2 Å². The number of benzene rings is 2. The molecule has 0 aliphatic heterocycles. The van der Waals surface area contributed by atoms with Gasteiger partial charge in [0.15, 0.2) is 0 Å². The molecule has 1 aliphatic rings. The zero-order valence-corrected chi connectivity index (χ0v) is 19.0. The molecule has 0 saturated heterocycles. The van der Waals surface area contributed by atoms with E-state index in [2.05, 4.69) is 48.5 Å². The van der Waals surface area contributed by atoms with Gasteiger partial charge in [-0.3, -0.25) is 4.68 Å². The minimum atomic E-state index is -1.06. The molecule has 2 aromatic carbocycles. The van der Waals surface area contributed by atoms with Crippen LogP contribution in [0.3, 0.4) is 0 Å². The molecule has 0 saturated carbocycles. The number of carbonyl (C=O) groups is 1. The third-order valence-electron chi connectivity index (χ3n) is 5.96. The minimum absolute atomic E-state index is 0.00191. The van der Waals surface area contributed by atoms with Gasteiger partial charge < -0.3 is 20.3 Å². The van der Waals surface area contributed by atoms with Gasteiger partial charge in [-0.15, -0.1) is 0 Å². The summed E-state index contributed by atoms with van der Waals surface area (Å²) < 4.78 is 7.25. The Morgan fingerprint density at radius 3 is 2.36 bits per heavy atom. The number of hydrogen-bond acceptors (Lipinski definition) is 5. The van der Waals surface area contributed by atoms with Gasteiger partial charge in [-0.05, 0) is 34.6 Å². The summed E-state index contributed by atoms with van der Waals surface area (Å²) in [6.07, 6.45) is 0.886. The summed E-state index contributed by atoms with van der Waals surface area (Å²) in [4.78, 5) is 12.3. The number of aliphatic hydroxyl groups is 2. The van der Waals surface area contributed by atoms with Crippen molar-refractivity contribution in [3.05, 3.63) is 77.6 Å². The third kappa shape index (κ3) is 5.26. The highest BCUT2D eigenvalue weighted by Crippen LogP contribution is 2.44. The van der Waals surface area contributed by atoms with Crippen molar-refractivity contribution in [1.82, 2.24) is 15.1 Å². The molecule has 1 aromatic heterocycles. The highest BCUT2D eigenvalue weighted by atomic mass is 16.5. The van der Waals surface area contributed by atoms with Crippen molar-refractivity contribution in [2.45, 2.75) is 44.9 Å². The molecule has 7 heteroatoms. The van der Waals surface area contributed by atoms with E-state index in [0.29, 0.717) is 11.5 Å². The number of ether oxygens (including phenoxy) is 1. The number of aromatic nitrogens is 2. The summed E-state index contributed by atoms with van der Waals surface area (Å²) in [5.74, 6) is 0.430. The fourth-order valence-corrected chi connectivity index (χ4v) is 4.36. The van der Waals surface area contributed by atoms with Crippen LogP contribution < -0.4 is 5.32 Å². The lowest BCUT2D eigenvalue weighted by Crippen LogP contribution is -2.30. The molecule has 2 unspecified atom stereocenters. The highest BCUT2D eigenvalue weighted by Gasteiger charge is 2.29. The SMILES string of the molecule is CC(C)Cn1cc(C(O)C(O)CCNC(=O)OCC2c3ccccc3-c3ccccc32)cn1. The largest absolute Gasteiger partial charge is 0.449 e. The van der Waals surface area contributed by atoms with Gasteiger partial charge in [-0.25, -0.2) is 4.79 Å². The van der Waals surface area contributed by atoms with Gasteiger partial charge in [0.05, 0.1) is 12.3 Å². The molecule has 2 atom stereocenters. The van der Waals surface area contributed by atoms with Gasteiger partial charge in [0, 0.05) is 30.8 Å². The molecular weight excluding hydrogens is 418 g/mol. The Bertz CT molecular complexity index is 1050. The first-order valence-electron chi connectivity index (χ1n) is 11.4. The van der Waals surface area contributed by atoms with E-state index in [0.717, 1.165) is 17.7 Å². The van der Waals surface area contributed by atoms with Crippen molar-refractivity contribution < 1.29 is 19.7 Å². The Morgan fingerprint density at radius 2 is 1.73 bits per heavy atom.